The Morgan fingerprint density at radius 2 is 1.95 bits per heavy atom. The molecular weight excluding hydrogens is 300 g/mol. The Morgan fingerprint density at radius 3 is 2.59 bits per heavy atom. The second-order valence-corrected chi connectivity index (χ2v) is 5.98. The summed E-state index contributed by atoms with van der Waals surface area (Å²) >= 11 is 0.989. The van der Waals surface area contributed by atoms with E-state index in [-0.39, 0.29) is 10.8 Å². The Balaban J connectivity index is 1.74. The van der Waals surface area contributed by atoms with E-state index < -0.39 is 5.97 Å². The van der Waals surface area contributed by atoms with Crippen molar-refractivity contribution in [3.05, 3.63) is 46.5 Å². The normalized spacial score (nSPS) is 10.4. The number of aromatic carboxylic acids is 1. The average molecular weight is 318 g/mol. The summed E-state index contributed by atoms with van der Waals surface area (Å²) in [4.78, 5) is 27.0. The fourth-order valence-corrected chi connectivity index (χ4v) is 2.91. The van der Waals surface area contributed by atoms with E-state index >= 15 is 0 Å². The maximum atomic E-state index is 11.8. The highest BCUT2D eigenvalue weighted by molar-refractivity contribution is 7.17. The lowest BCUT2D eigenvalue weighted by Crippen LogP contribution is -2.10. The van der Waals surface area contributed by atoms with Crippen LogP contribution in [0.1, 0.15) is 40.2 Å². The standard InChI is InChI=1S/C16H18N2O3S/c1-11-14(15(20)21)22-16(17-11)18-13(19)10-6-5-9-12-7-3-2-4-8-12/h2-4,7-8H,5-6,9-10H2,1H3,(H,20,21)(H,17,18,19). The number of aryl methyl sites for hydroxylation is 2. The van der Waals surface area contributed by atoms with Crippen molar-refractivity contribution < 1.29 is 14.7 Å². The molecule has 2 rings (SSSR count). The van der Waals surface area contributed by atoms with Gasteiger partial charge >= 0.3 is 5.97 Å². The third kappa shape index (κ3) is 4.66. The first-order chi connectivity index (χ1) is 10.6. The van der Waals surface area contributed by atoms with Gasteiger partial charge in [-0.05, 0) is 31.7 Å². The van der Waals surface area contributed by atoms with E-state index in [1.165, 1.54) is 5.56 Å². The van der Waals surface area contributed by atoms with Crippen molar-refractivity contribution in [2.75, 3.05) is 5.32 Å². The summed E-state index contributed by atoms with van der Waals surface area (Å²) in [6.07, 6.45) is 3.09. The molecule has 0 saturated carbocycles. The zero-order chi connectivity index (χ0) is 15.9. The monoisotopic (exact) mass is 318 g/mol. The molecule has 1 aromatic carbocycles. The quantitative estimate of drug-likeness (QED) is 0.766. The number of anilines is 1. The van der Waals surface area contributed by atoms with Crippen molar-refractivity contribution in [3.63, 3.8) is 0 Å². The fraction of sp³-hybridized carbons (Fsp3) is 0.312. The van der Waals surface area contributed by atoms with E-state index in [0.29, 0.717) is 17.2 Å². The van der Waals surface area contributed by atoms with Crippen molar-refractivity contribution in [1.29, 1.82) is 0 Å². The molecule has 5 nitrogen and oxygen atoms in total. The predicted octanol–water partition coefficient (Wildman–Crippen LogP) is 3.50. The van der Waals surface area contributed by atoms with Gasteiger partial charge in [-0.15, -0.1) is 0 Å². The Labute approximate surface area is 133 Å². The summed E-state index contributed by atoms with van der Waals surface area (Å²) in [6, 6.07) is 10.1. The number of unbranched alkanes of at least 4 members (excludes halogenated alkanes) is 1. The van der Waals surface area contributed by atoms with E-state index in [9.17, 15) is 9.59 Å². The summed E-state index contributed by atoms with van der Waals surface area (Å²) in [7, 11) is 0. The molecule has 0 radical (unpaired) electrons. The summed E-state index contributed by atoms with van der Waals surface area (Å²) in [5.74, 6) is -1.14. The zero-order valence-corrected chi connectivity index (χ0v) is 13.2. The van der Waals surface area contributed by atoms with Crippen LogP contribution < -0.4 is 5.32 Å². The summed E-state index contributed by atoms with van der Waals surface area (Å²) in [6.45, 7) is 1.62. The molecule has 0 bridgehead atoms. The van der Waals surface area contributed by atoms with Crippen LogP contribution in [-0.2, 0) is 11.2 Å². The second-order valence-electron chi connectivity index (χ2n) is 4.98. The first-order valence-electron chi connectivity index (χ1n) is 7.11. The SMILES string of the molecule is Cc1nc(NC(=O)CCCCc2ccccc2)sc1C(=O)O. The summed E-state index contributed by atoms with van der Waals surface area (Å²) in [5.41, 5.74) is 1.70. The van der Waals surface area contributed by atoms with Gasteiger partial charge in [0.1, 0.15) is 4.88 Å². The lowest BCUT2D eigenvalue weighted by atomic mass is 10.1. The number of aromatic nitrogens is 1. The zero-order valence-electron chi connectivity index (χ0n) is 12.3. The van der Waals surface area contributed by atoms with Gasteiger partial charge in [-0.3, -0.25) is 4.79 Å². The largest absolute Gasteiger partial charge is 0.477 e. The number of nitrogens with zero attached hydrogens (tertiary/aromatic N) is 1. The summed E-state index contributed by atoms with van der Waals surface area (Å²) in [5, 5.41) is 12.0. The van der Waals surface area contributed by atoms with E-state index in [2.05, 4.69) is 22.4 Å². The minimum Gasteiger partial charge on any atom is -0.477 e. The van der Waals surface area contributed by atoms with Crippen LogP contribution in [0.15, 0.2) is 30.3 Å². The lowest BCUT2D eigenvalue weighted by molar-refractivity contribution is -0.116. The molecule has 116 valence electrons. The number of thiazole rings is 1. The average Bonchev–Trinajstić information content (AvgIpc) is 2.85. The predicted molar refractivity (Wildman–Crippen MR) is 86.4 cm³/mol. The Morgan fingerprint density at radius 1 is 1.23 bits per heavy atom. The number of hydrogen-bond acceptors (Lipinski definition) is 4. The van der Waals surface area contributed by atoms with Gasteiger partial charge < -0.3 is 10.4 Å². The first kappa shape index (κ1) is 16.2. The number of carbonyl (C=O) groups is 2. The van der Waals surface area contributed by atoms with Crippen molar-refractivity contribution >= 4 is 28.3 Å². The van der Waals surface area contributed by atoms with Crippen molar-refractivity contribution in [2.24, 2.45) is 0 Å². The maximum absolute atomic E-state index is 11.8. The molecule has 0 saturated heterocycles. The Hall–Kier alpha value is -2.21. The highest BCUT2D eigenvalue weighted by Crippen LogP contribution is 2.22. The fourth-order valence-electron chi connectivity index (χ4n) is 2.09. The van der Waals surface area contributed by atoms with E-state index in [0.717, 1.165) is 30.6 Å². The van der Waals surface area contributed by atoms with Crippen LogP contribution in [0, 0.1) is 6.92 Å². The molecule has 0 unspecified atom stereocenters. The molecule has 1 amide bonds. The Bertz CT molecular complexity index is 653. The molecule has 22 heavy (non-hydrogen) atoms. The third-order valence-corrected chi connectivity index (χ3v) is 4.26. The van der Waals surface area contributed by atoms with Crippen molar-refractivity contribution in [3.8, 4) is 0 Å². The minimum atomic E-state index is -1.02. The number of carboxylic acid groups (broad SMARTS) is 1. The number of benzene rings is 1. The topological polar surface area (TPSA) is 79.3 Å². The number of carboxylic acids is 1. The number of carbonyl (C=O) groups excluding carboxylic acids is 1. The van der Waals surface area contributed by atoms with Crippen LogP contribution in [0.25, 0.3) is 0 Å². The van der Waals surface area contributed by atoms with Gasteiger partial charge in [0.15, 0.2) is 5.13 Å². The third-order valence-electron chi connectivity index (χ3n) is 3.20. The number of amides is 1. The van der Waals surface area contributed by atoms with Gasteiger partial charge in [0.25, 0.3) is 0 Å². The van der Waals surface area contributed by atoms with E-state index in [1.807, 2.05) is 18.2 Å². The molecule has 1 aromatic heterocycles. The summed E-state index contributed by atoms with van der Waals surface area (Å²) < 4.78 is 0. The van der Waals surface area contributed by atoms with Gasteiger partial charge in [0.2, 0.25) is 5.91 Å². The lowest BCUT2D eigenvalue weighted by Gasteiger charge is -2.02. The van der Waals surface area contributed by atoms with Crippen molar-refractivity contribution in [2.45, 2.75) is 32.6 Å². The molecule has 0 fully saturated rings. The molecule has 1 heterocycles. The maximum Gasteiger partial charge on any atom is 0.347 e. The van der Waals surface area contributed by atoms with Crippen LogP contribution in [0.3, 0.4) is 0 Å². The molecule has 2 N–H and O–H groups in total. The van der Waals surface area contributed by atoms with Crippen LogP contribution >= 0.6 is 11.3 Å². The molecule has 0 aliphatic heterocycles. The minimum absolute atomic E-state index is 0.126. The van der Waals surface area contributed by atoms with Crippen LogP contribution in [0.5, 0.6) is 0 Å². The Kier molecular flexibility index (Phi) is 5.66. The van der Waals surface area contributed by atoms with Crippen molar-refractivity contribution in [1.82, 2.24) is 4.98 Å². The van der Waals surface area contributed by atoms with Gasteiger partial charge in [-0.1, -0.05) is 41.7 Å². The smallest absolute Gasteiger partial charge is 0.347 e. The van der Waals surface area contributed by atoms with E-state index in [4.69, 9.17) is 5.11 Å². The van der Waals surface area contributed by atoms with E-state index in [1.54, 1.807) is 6.92 Å². The molecule has 0 aliphatic carbocycles. The molecular formula is C16H18N2O3S. The molecule has 6 heteroatoms. The number of nitrogens with one attached hydrogen (secondary N) is 1. The van der Waals surface area contributed by atoms with Crippen LogP contribution in [-0.4, -0.2) is 22.0 Å². The molecule has 0 aliphatic rings. The van der Waals surface area contributed by atoms with Gasteiger partial charge in [-0.2, -0.15) is 0 Å². The second kappa shape index (κ2) is 7.70. The molecule has 0 spiro atoms. The highest BCUT2D eigenvalue weighted by atomic mass is 32.1. The van der Waals surface area contributed by atoms with Crippen LogP contribution in [0.2, 0.25) is 0 Å². The van der Waals surface area contributed by atoms with Crippen LogP contribution in [0.4, 0.5) is 5.13 Å². The highest BCUT2D eigenvalue weighted by Gasteiger charge is 2.15. The molecule has 0 atom stereocenters. The number of rotatable bonds is 7. The number of hydrogen-bond donors (Lipinski definition) is 2. The van der Waals surface area contributed by atoms with Gasteiger partial charge in [-0.25, -0.2) is 9.78 Å². The van der Waals surface area contributed by atoms with Gasteiger partial charge in [0.05, 0.1) is 5.69 Å². The molecule has 2 aromatic rings. The first-order valence-corrected chi connectivity index (χ1v) is 7.92. The van der Waals surface area contributed by atoms with Gasteiger partial charge in [0, 0.05) is 6.42 Å².